The Morgan fingerprint density at radius 1 is 0.774 bits per heavy atom. The van der Waals surface area contributed by atoms with Gasteiger partial charge in [0.15, 0.2) is 0 Å². The van der Waals surface area contributed by atoms with Crippen LogP contribution >= 0.6 is 0 Å². The van der Waals surface area contributed by atoms with Crippen LogP contribution in [0.25, 0.3) is 0 Å². The van der Waals surface area contributed by atoms with E-state index in [1.165, 1.54) is 66.4 Å². The van der Waals surface area contributed by atoms with Crippen molar-refractivity contribution in [3.63, 3.8) is 0 Å². The van der Waals surface area contributed by atoms with Gasteiger partial charge in [0.05, 0.1) is 0 Å². The minimum absolute atomic E-state index is 0.212. The molecule has 0 saturated heterocycles. The van der Waals surface area contributed by atoms with E-state index in [0.717, 1.165) is 18.3 Å². The molecule has 0 bridgehead atoms. The van der Waals surface area contributed by atoms with Crippen LogP contribution in [0.4, 0.5) is 0 Å². The molecule has 1 nitrogen and oxygen atoms in total. The van der Waals surface area contributed by atoms with Crippen molar-refractivity contribution < 1.29 is 4.79 Å². The van der Waals surface area contributed by atoms with Gasteiger partial charge in [0.2, 0.25) is 0 Å². The summed E-state index contributed by atoms with van der Waals surface area (Å²) >= 11 is 0. The second kappa shape index (κ2) is 8.93. The first-order valence-corrected chi connectivity index (χ1v) is 12.1. The fraction of sp³-hybridized carbons (Fsp3) is 0.567. The van der Waals surface area contributed by atoms with Gasteiger partial charge in [0, 0.05) is 11.0 Å². The standard InChI is InChI=1S/C30H42O/c1-22-10-8-17-28(3,4)26(22)15-13-24-12-14-25(21-31)30(7,20-24)19-16-27-23(2)11-9-18-29(27,5)6/h12-16,19,21H,8-11,17-18,20H2,1-7H3/b15-13+,19-16+/t30-/m1/s1. The van der Waals surface area contributed by atoms with Crippen molar-refractivity contribution in [3.8, 4) is 0 Å². The monoisotopic (exact) mass is 418 g/mol. The van der Waals surface area contributed by atoms with Gasteiger partial charge in [-0.15, -0.1) is 0 Å². The zero-order valence-corrected chi connectivity index (χ0v) is 20.9. The second-order valence-corrected chi connectivity index (χ2v) is 11.6. The van der Waals surface area contributed by atoms with Gasteiger partial charge in [0.25, 0.3) is 0 Å². The van der Waals surface area contributed by atoms with Crippen LogP contribution in [0.5, 0.6) is 0 Å². The molecule has 0 radical (unpaired) electrons. The molecule has 1 atom stereocenters. The van der Waals surface area contributed by atoms with Crippen molar-refractivity contribution in [1.29, 1.82) is 0 Å². The molecule has 0 spiro atoms. The summed E-state index contributed by atoms with van der Waals surface area (Å²) in [4.78, 5) is 11.9. The molecule has 0 saturated carbocycles. The Hall–Kier alpha value is -1.89. The van der Waals surface area contributed by atoms with Crippen LogP contribution in [0.15, 0.2) is 69.9 Å². The maximum Gasteiger partial charge on any atom is 0.146 e. The Bertz CT molecular complexity index is 910. The third-order valence-electron chi connectivity index (χ3n) is 8.00. The van der Waals surface area contributed by atoms with Gasteiger partial charge >= 0.3 is 0 Å². The van der Waals surface area contributed by atoms with Gasteiger partial charge in [-0.2, -0.15) is 0 Å². The van der Waals surface area contributed by atoms with E-state index in [4.69, 9.17) is 0 Å². The highest BCUT2D eigenvalue weighted by Crippen LogP contribution is 2.45. The largest absolute Gasteiger partial charge is 0.298 e. The van der Waals surface area contributed by atoms with Crippen LogP contribution in [0, 0.1) is 16.2 Å². The fourth-order valence-electron chi connectivity index (χ4n) is 5.89. The molecule has 3 rings (SSSR count). The molecule has 3 aliphatic rings. The van der Waals surface area contributed by atoms with E-state index in [0.29, 0.717) is 0 Å². The van der Waals surface area contributed by atoms with E-state index >= 15 is 0 Å². The number of allylic oxidation sites excluding steroid dienone is 12. The molecule has 3 aliphatic carbocycles. The highest BCUT2D eigenvalue weighted by Gasteiger charge is 2.32. The summed E-state index contributed by atoms with van der Waals surface area (Å²) in [6.45, 7) is 16.2. The number of rotatable bonds is 5. The van der Waals surface area contributed by atoms with E-state index in [2.05, 4.69) is 78.8 Å². The molecule has 0 aromatic carbocycles. The fourth-order valence-corrected chi connectivity index (χ4v) is 5.89. The Labute approximate surface area is 190 Å². The van der Waals surface area contributed by atoms with Crippen molar-refractivity contribution in [2.75, 3.05) is 0 Å². The number of carbonyl (C=O) groups is 1. The van der Waals surface area contributed by atoms with Gasteiger partial charge in [-0.3, -0.25) is 4.79 Å². The summed E-state index contributed by atoms with van der Waals surface area (Å²) < 4.78 is 0. The number of hydrogen-bond acceptors (Lipinski definition) is 1. The van der Waals surface area contributed by atoms with Crippen LogP contribution < -0.4 is 0 Å². The average molecular weight is 419 g/mol. The Balaban J connectivity index is 1.87. The molecular formula is C30H42O. The Morgan fingerprint density at radius 3 is 1.84 bits per heavy atom. The summed E-state index contributed by atoms with van der Waals surface area (Å²) in [6.07, 6.45) is 22.8. The number of carbonyl (C=O) groups excluding carboxylic acids is 1. The van der Waals surface area contributed by atoms with Gasteiger partial charge in [0.1, 0.15) is 6.29 Å². The summed E-state index contributed by atoms with van der Waals surface area (Å²) in [5.74, 6) is 0. The highest BCUT2D eigenvalue weighted by molar-refractivity contribution is 5.78. The summed E-state index contributed by atoms with van der Waals surface area (Å²) in [5.41, 5.74) is 8.35. The number of hydrogen-bond donors (Lipinski definition) is 0. The molecule has 0 amide bonds. The molecule has 31 heavy (non-hydrogen) atoms. The quantitative estimate of drug-likeness (QED) is 0.408. The zero-order valence-electron chi connectivity index (χ0n) is 20.9. The van der Waals surface area contributed by atoms with Crippen molar-refractivity contribution in [2.45, 2.75) is 93.4 Å². The lowest BCUT2D eigenvalue weighted by atomic mass is 9.69. The first-order valence-electron chi connectivity index (χ1n) is 12.1. The van der Waals surface area contributed by atoms with Crippen LogP contribution in [0.1, 0.15) is 93.4 Å². The molecule has 0 aromatic rings. The highest BCUT2D eigenvalue weighted by atomic mass is 16.1. The zero-order chi connectivity index (χ0) is 22.9. The third kappa shape index (κ3) is 5.13. The third-order valence-corrected chi connectivity index (χ3v) is 8.00. The lowest BCUT2D eigenvalue weighted by Gasteiger charge is -2.35. The van der Waals surface area contributed by atoms with Crippen LogP contribution in [-0.2, 0) is 4.79 Å². The first kappa shape index (κ1) is 23.8. The molecule has 0 N–H and O–H groups in total. The summed E-state index contributed by atoms with van der Waals surface area (Å²) in [7, 11) is 0. The van der Waals surface area contributed by atoms with Gasteiger partial charge in [-0.1, -0.05) is 82.2 Å². The lowest BCUT2D eigenvalue weighted by Crippen LogP contribution is -2.23. The predicted octanol–water partition coefficient (Wildman–Crippen LogP) is 8.61. The van der Waals surface area contributed by atoms with Crippen molar-refractivity contribution in [2.24, 2.45) is 16.2 Å². The lowest BCUT2D eigenvalue weighted by molar-refractivity contribution is -0.105. The molecule has 0 aliphatic heterocycles. The summed E-state index contributed by atoms with van der Waals surface area (Å²) in [5, 5.41) is 0. The minimum Gasteiger partial charge on any atom is -0.298 e. The van der Waals surface area contributed by atoms with E-state index in [1.54, 1.807) is 0 Å². The second-order valence-electron chi connectivity index (χ2n) is 11.6. The molecule has 168 valence electrons. The molecule has 1 heteroatoms. The number of aldehydes is 1. The van der Waals surface area contributed by atoms with Crippen molar-refractivity contribution in [1.82, 2.24) is 0 Å². The van der Waals surface area contributed by atoms with E-state index in [9.17, 15) is 4.79 Å². The SMILES string of the molecule is CC1=C(/C=C/C2=CC=C(C=O)[C@](C)(/C=C/C3=C(C)CCCC3(C)C)C2)C(C)(C)CCC1. The molecule has 0 heterocycles. The van der Waals surface area contributed by atoms with E-state index < -0.39 is 0 Å². The van der Waals surface area contributed by atoms with Crippen LogP contribution in [0.2, 0.25) is 0 Å². The molecule has 0 unspecified atom stereocenters. The van der Waals surface area contributed by atoms with Gasteiger partial charge in [-0.05, 0) is 86.3 Å². The van der Waals surface area contributed by atoms with E-state index in [1.807, 2.05) is 6.08 Å². The Kier molecular flexibility index (Phi) is 6.84. The predicted molar refractivity (Wildman–Crippen MR) is 134 cm³/mol. The maximum absolute atomic E-state index is 11.9. The topological polar surface area (TPSA) is 17.1 Å². The van der Waals surface area contributed by atoms with Gasteiger partial charge in [-0.25, -0.2) is 0 Å². The smallest absolute Gasteiger partial charge is 0.146 e. The molecule has 0 fully saturated rings. The van der Waals surface area contributed by atoms with Crippen LogP contribution in [0.3, 0.4) is 0 Å². The van der Waals surface area contributed by atoms with Crippen molar-refractivity contribution in [3.05, 3.63) is 69.9 Å². The van der Waals surface area contributed by atoms with Gasteiger partial charge < -0.3 is 0 Å². The maximum atomic E-state index is 11.9. The normalized spacial score (nSPS) is 28.9. The van der Waals surface area contributed by atoms with Crippen molar-refractivity contribution >= 4 is 6.29 Å². The molecule has 0 aromatic heterocycles. The Morgan fingerprint density at radius 2 is 1.32 bits per heavy atom. The first-order chi connectivity index (χ1) is 14.5. The average Bonchev–Trinajstić information content (AvgIpc) is 2.66. The van der Waals surface area contributed by atoms with E-state index in [-0.39, 0.29) is 16.2 Å². The molecular weight excluding hydrogens is 376 g/mol. The summed E-state index contributed by atoms with van der Waals surface area (Å²) in [6, 6.07) is 0. The minimum atomic E-state index is -0.261. The van der Waals surface area contributed by atoms with Crippen LogP contribution in [-0.4, -0.2) is 6.29 Å².